The van der Waals surface area contributed by atoms with E-state index in [1.165, 1.54) is 0 Å². The summed E-state index contributed by atoms with van der Waals surface area (Å²) in [5.74, 6) is 2.82. The minimum absolute atomic E-state index is 0.278. The molecule has 0 saturated carbocycles. The third-order valence-electron chi connectivity index (χ3n) is 4.22. The van der Waals surface area contributed by atoms with E-state index in [0.717, 1.165) is 28.9 Å². The van der Waals surface area contributed by atoms with Gasteiger partial charge in [0.05, 0.1) is 0 Å². The number of benzene rings is 1. The van der Waals surface area contributed by atoms with E-state index in [2.05, 4.69) is 32.6 Å². The van der Waals surface area contributed by atoms with E-state index in [1.54, 1.807) is 12.1 Å². The minimum atomic E-state index is 0.278. The van der Waals surface area contributed by atoms with Crippen LogP contribution in [-0.4, -0.2) is 5.11 Å². The molecule has 0 radical (unpaired) electrons. The van der Waals surface area contributed by atoms with Crippen LogP contribution in [0.5, 0.6) is 5.75 Å². The Bertz CT molecular complexity index is 677. The molecule has 2 heteroatoms. The molecule has 1 aliphatic rings. The van der Waals surface area contributed by atoms with Gasteiger partial charge in [-0.15, -0.1) is 0 Å². The molecule has 0 heterocycles. The van der Waals surface area contributed by atoms with Gasteiger partial charge in [0, 0.05) is 11.5 Å². The number of aryl methyl sites for hydroxylation is 2. The second kappa shape index (κ2) is 7.36. The summed E-state index contributed by atoms with van der Waals surface area (Å²) in [7, 11) is 0. The number of ether oxygens (including phenoxy) is 1. The summed E-state index contributed by atoms with van der Waals surface area (Å²) in [5, 5.41) is 10.0. The van der Waals surface area contributed by atoms with Crippen molar-refractivity contribution in [3.8, 4) is 5.75 Å². The number of phenols is 1. The summed E-state index contributed by atoms with van der Waals surface area (Å²) in [5.41, 5.74) is 2.82. The highest BCUT2D eigenvalue weighted by Gasteiger charge is 2.18. The Morgan fingerprint density at radius 1 is 1.26 bits per heavy atom. The van der Waals surface area contributed by atoms with Crippen LogP contribution >= 0.6 is 0 Å². The summed E-state index contributed by atoms with van der Waals surface area (Å²) >= 11 is 0. The first kappa shape index (κ1) is 17.1. The molecular weight excluding hydrogens is 284 g/mol. The molecule has 2 atom stereocenters. The van der Waals surface area contributed by atoms with E-state index in [9.17, 15) is 5.11 Å². The van der Waals surface area contributed by atoms with Crippen molar-refractivity contribution in [3.63, 3.8) is 0 Å². The molecule has 0 bridgehead atoms. The zero-order valence-corrected chi connectivity index (χ0v) is 14.5. The highest BCUT2D eigenvalue weighted by molar-refractivity contribution is 5.67. The third kappa shape index (κ3) is 4.16. The Morgan fingerprint density at radius 2 is 2.00 bits per heavy atom. The number of hydrogen-bond donors (Lipinski definition) is 1. The van der Waals surface area contributed by atoms with Crippen LogP contribution in [0.25, 0.3) is 5.76 Å². The Morgan fingerprint density at radius 3 is 2.70 bits per heavy atom. The highest BCUT2D eigenvalue weighted by Crippen LogP contribution is 2.32. The lowest BCUT2D eigenvalue weighted by atomic mass is 9.97. The van der Waals surface area contributed by atoms with Crippen molar-refractivity contribution in [1.29, 1.82) is 0 Å². The van der Waals surface area contributed by atoms with Gasteiger partial charge in [-0.1, -0.05) is 44.7 Å². The molecule has 2 rings (SSSR count). The van der Waals surface area contributed by atoms with Crippen molar-refractivity contribution in [2.24, 2.45) is 11.8 Å². The van der Waals surface area contributed by atoms with E-state index in [1.807, 2.05) is 32.1 Å². The van der Waals surface area contributed by atoms with Crippen molar-refractivity contribution < 1.29 is 9.84 Å². The number of hydrogen-bond acceptors (Lipinski definition) is 2. The first-order valence-corrected chi connectivity index (χ1v) is 8.12. The predicted molar refractivity (Wildman–Crippen MR) is 97.0 cm³/mol. The highest BCUT2D eigenvalue weighted by atomic mass is 16.5. The molecule has 0 fully saturated rings. The zero-order valence-electron chi connectivity index (χ0n) is 14.5. The van der Waals surface area contributed by atoms with Gasteiger partial charge in [-0.25, -0.2) is 0 Å². The first-order chi connectivity index (χ1) is 10.9. The second-order valence-corrected chi connectivity index (χ2v) is 6.39. The normalized spacial score (nSPS) is 21.6. The Balaban J connectivity index is 2.36. The molecule has 23 heavy (non-hydrogen) atoms. The van der Waals surface area contributed by atoms with E-state index in [-0.39, 0.29) is 5.75 Å². The van der Waals surface area contributed by atoms with E-state index in [4.69, 9.17) is 4.74 Å². The maximum atomic E-state index is 10.0. The molecule has 0 amide bonds. The van der Waals surface area contributed by atoms with Crippen LogP contribution in [0.4, 0.5) is 0 Å². The molecule has 2 unspecified atom stereocenters. The Kier molecular flexibility index (Phi) is 5.49. The van der Waals surface area contributed by atoms with Crippen LogP contribution in [0.15, 0.2) is 54.9 Å². The SMILES string of the molecule is C=C/C=C(/OC1=CC=CC(C)CC1C)c1cc(O)c(C)cc1C. The zero-order chi connectivity index (χ0) is 17.0. The van der Waals surface area contributed by atoms with Gasteiger partial charge in [0.2, 0.25) is 0 Å². The predicted octanol–water partition coefficient (Wildman–Crippen LogP) is 5.67. The van der Waals surface area contributed by atoms with E-state index in [0.29, 0.717) is 17.6 Å². The molecule has 122 valence electrons. The van der Waals surface area contributed by atoms with Crippen LogP contribution in [0, 0.1) is 25.7 Å². The van der Waals surface area contributed by atoms with Crippen LogP contribution in [0.1, 0.15) is 37.0 Å². The molecule has 1 aromatic carbocycles. The molecular formula is C21H26O2. The molecule has 0 saturated heterocycles. The first-order valence-electron chi connectivity index (χ1n) is 8.12. The topological polar surface area (TPSA) is 29.5 Å². The van der Waals surface area contributed by atoms with Crippen LogP contribution in [0.3, 0.4) is 0 Å². The summed E-state index contributed by atoms with van der Waals surface area (Å²) in [6, 6.07) is 3.73. The number of allylic oxidation sites excluding steroid dienone is 6. The van der Waals surface area contributed by atoms with Crippen molar-refractivity contribution in [1.82, 2.24) is 0 Å². The van der Waals surface area contributed by atoms with Crippen LogP contribution in [0.2, 0.25) is 0 Å². The number of aromatic hydroxyl groups is 1. The molecule has 1 aliphatic carbocycles. The lowest BCUT2D eigenvalue weighted by molar-refractivity contribution is 0.305. The molecule has 1 aromatic rings. The Hall–Kier alpha value is -2.22. The monoisotopic (exact) mass is 310 g/mol. The van der Waals surface area contributed by atoms with Gasteiger partial charge in [0.25, 0.3) is 0 Å². The van der Waals surface area contributed by atoms with Gasteiger partial charge in [0.15, 0.2) is 0 Å². The maximum Gasteiger partial charge on any atom is 0.134 e. The summed E-state index contributed by atoms with van der Waals surface area (Å²) < 4.78 is 6.22. The molecule has 1 N–H and O–H groups in total. The van der Waals surface area contributed by atoms with Crippen LogP contribution < -0.4 is 0 Å². The summed E-state index contributed by atoms with van der Waals surface area (Å²) in [4.78, 5) is 0. The molecule has 0 spiro atoms. The number of phenolic OH excluding ortho intramolecular Hbond substituents is 1. The van der Waals surface area contributed by atoms with Gasteiger partial charge >= 0.3 is 0 Å². The molecule has 2 nitrogen and oxygen atoms in total. The lowest BCUT2D eigenvalue weighted by Crippen LogP contribution is -2.06. The van der Waals surface area contributed by atoms with E-state index < -0.39 is 0 Å². The van der Waals surface area contributed by atoms with Crippen LogP contribution in [-0.2, 0) is 4.74 Å². The molecule has 0 aliphatic heterocycles. The minimum Gasteiger partial charge on any atom is -0.508 e. The number of rotatable bonds is 4. The fourth-order valence-corrected chi connectivity index (χ4v) is 2.91. The summed E-state index contributed by atoms with van der Waals surface area (Å²) in [6.45, 7) is 12.1. The standard InChI is InChI=1S/C21H26O2/c1-6-8-21(18-13-19(22)16(4)12-15(18)3)23-20-10-7-9-14(2)11-17(20)5/h6-10,12-14,17,22H,1,11H2,2-5H3/b21-8+. The van der Waals surface area contributed by atoms with Crippen molar-refractivity contribution in [2.45, 2.75) is 34.1 Å². The maximum absolute atomic E-state index is 10.0. The largest absolute Gasteiger partial charge is 0.508 e. The quantitative estimate of drug-likeness (QED) is 0.573. The Labute approximate surface area is 139 Å². The molecule has 0 aromatic heterocycles. The van der Waals surface area contributed by atoms with Gasteiger partial charge in [0.1, 0.15) is 17.3 Å². The average Bonchev–Trinajstić information content (AvgIpc) is 2.63. The fraction of sp³-hybridized carbons (Fsp3) is 0.333. The van der Waals surface area contributed by atoms with Gasteiger partial charge in [-0.2, -0.15) is 0 Å². The van der Waals surface area contributed by atoms with Gasteiger partial charge in [-0.05, 0) is 55.5 Å². The van der Waals surface area contributed by atoms with Crippen molar-refractivity contribution in [3.05, 3.63) is 71.5 Å². The van der Waals surface area contributed by atoms with Crippen molar-refractivity contribution >= 4 is 5.76 Å². The van der Waals surface area contributed by atoms with E-state index >= 15 is 0 Å². The smallest absolute Gasteiger partial charge is 0.134 e. The average molecular weight is 310 g/mol. The second-order valence-electron chi connectivity index (χ2n) is 6.39. The summed E-state index contributed by atoms with van der Waals surface area (Å²) in [6.07, 6.45) is 10.9. The fourth-order valence-electron chi connectivity index (χ4n) is 2.91. The van der Waals surface area contributed by atoms with Gasteiger partial charge in [-0.3, -0.25) is 0 Å². The third-order valence-corrected chi connectivity index (χ3v) is 4.22. The van der Waals surface area contributed by atoms with Crippen molar-refractivity contribution in [2.75, 3.05) is 0 Å². The van der Waals surface area contributed by atoms with Gasteiger partial charge < -0.3 is 9.84 Å². The lowest BCUT2D eigenvalue weighted by Gasteiger charge is -2.20.